The molecule has 0 saturated carbocycles. The lowest BCUT2D eigenvalue weighted by molar-refractivity contribution is -0.625. The highest BCUT2D eigenvalue weighted by atomic mass is 19.1. The number of methoxy groups -OCH3 is 2. The maximum absolute atomic E-state index is 14.8. The van der Waals surface area contributed by atoms with E-state index in [4.69, 9.17) is 15.2 Å². The van der Waals surface area contributed by atoms with Crippen molar-refractivity contribution in [1.29, 1.82) is 0 Å². The number of carbonyl (C=O) groups is 1. The van der Waals surface area contributed by atoms with Crippen molar-refractivity contribution in [1.82, 2.24) is 20.7 Å². The molecule has 2 heterocycles. The number of hydrogen-bond acceptors (Lipinski definition) is 7. The van der Waals surface area contributed by atoms with Crippen LogP contribution in [0, 0.1) is 5.82 Å². The van der Waals surface area contributed by atoms with Gasteiger partial charge in [-0.3, -0.25) is 4.79 Å². The Morgan fingerprint density at radius 2 is 2.11 bits per heavy atom. The van der Waals surface area contributed by atoms with Crippen LogP contribution in [0.2, 0.25) is 0 Å². The van der Waals surface area contributed by atoms with Crippen LogP contribution in [0.4, 0.5) is 10.1 Å². The third-order valence-electron chi connectivity index (χ3n) is 4.25. The second-order valence-electron chi connectivity index (χ2n) is 6.00. The predicted molar refractivity (Wildman–Crippen MR) is 99.7 cm³/mol. The van der Waals surface area contributed by atoms with Crippen LogP contribution in [0.25, 0.3) is 16.8 Å². The summed E-state index contributed by atoms with van der Waals surface area (Å²) in [5.74, 6) is -0.672. The molecular weight excluding hydrogens is 367 g/mol. The number of nitrogens with one attached hydrogen (secondary N) is 2. The van der Waals surface area contributed by atoms with E-state index in [1.807, 2.05) is 6.92 Å². The topological polar surface area (TPSA) is 128 Å². The van der Waals surface area contributed by atoms with Gasteiger partial charge >= 0.3 is 6.01 Å². The fourth-order valence-electron chi connectivity index (χ4n) is 2.90. The van der Waals surface area contributed by atoms with Gasteiger partial charge < -0.3 is 20.5 Å². The molecule has 0 aliphatic carbocycles. The quantitative estimate of drug-likeness (QED) is 0.409. The Balaban J connectivity index is 2.12. The minimum atomic E-state index is -0.504. The fraction of sp³-hybridized carbons (Fsp3) is 0.278. The molecule has 3 rings (SSSR count). The highest BCUT2D eigenvalue weighted by molar-refractivity contribution is 6.02. The molecule has 1 aliphatic rings. The number of nitrogens with two attached hydrogens (primary N) is 2. The molecule has 0 spiro atoms. The molecule has 10 heteroatoms. The normalized spacial score (nSPS) is 12.9. The summed E-state index contributed by atoms with van der Waals surface area (Å²) in [6.07, 6.45) is 2.21. The third-order valence-corrected chi connectivity index (χ3v) is 4.25. The lowest BCUT2D eigenvalue weighted by Gasteiger charge is -2.22. The van der Waals surface area contributed by atoms with Gasteiger partial charge in [0.25, 0.3) is 5.91 Å². The van der Waals surface area contributed by atoms with Crippen LogP contribution in [0.1, 0.15) is 18.9 Å². The van der Waals surface area contributed by atoms with Gasteiger partial charge in [-0.1, -0.05) is 6.92 Å². The van der Waals surface area contributed by atoms with Gasteiger partial charge in [0.1, 0.15) is 5.82 Å². The van der Waals surface area contributed by atoms with Crippen LogP contribution in [0.3, 0.4) is 0 Å². The lowest BCUT2D eigenvalue weighted by atomic mass is 9.97. The van der Waals surface area contributed by atoms with Gasteiger partial charge in [-0.05, 0) is 18.6 Å². The number of carbonyl (C=O) groups excluding carboxylic acids is 1. The van der Waals surface area contributed by atoms with E-state index in [2.05, 4.69) is 20.7 Å². The monoisotopic (exact) mass is 389 g/mol. The highest BCUT2D eigenvalue weighted by Crippen LogP contribution is 2.38. The van der Waals surface area contributed by atoms with Crippen LogP contribution >= 0.6 is 0 Å². The number of fused-ring (bicyclic) bond motifs is 1. The number of halogens is 1. The number of nitrogens with zero attached hydrogens (tertiary/aromatic N) is 2. The van der Waals surface area contributed by atoms with Crippen molar-refractivity contribution in [2.24, 2.45) is 5.73 Å². The Kier molecular flexibility index (Phi) is 5.59. The van der Waals surface area contributed by atoms with Crippen LogP contribution < -0.4 is 31.4 Å². The molecule has 9 nitrogen and oxygen atoms in total. The molecule has 1 aliphatic heterocycles. The minimum absolute atomic E-state index is 0.0993. The molecule has 28 heavy (non-hydrogen) atoms. The largest absolute Gasteiger partial charge is 0.480 e. The van der Waals surface area contributed by atoms with E-state index in [-0.39, 0.29) is 34.8 Å². The molecule has 148 valence electrons. The Morgan fingerprint density at radius 1 is 1.32 bits per heavy atom. The average Bonchev–Trinajstić information content (AvgIpc) is 2.71. The highest BCUT2D eigenvalue weighted by Gasteiger charge is 2.30. The number of hydrogen-bond donors (Lipinski definition) is 4. The molecule has 1 amide bonds. The van der Waals surface area contributed by atoms with Crippen LogP contribution in [0.5, 0.6) is 11.9 Å². The molecule has 1 aromatic carbocycles. The summed E-state index contributed by atoms with van der Waals surface area (Å²) < 4.78 is 25.1. The van der Waals surface area contributed by atoms with E-state index in [1.165, 1.54) is 38.0 Å². The molecular formula is C18H22FN6O3+. The molecule has 0 atom stereocenters. The van der Waals surface area contributed by atoms with Gasteiger partial charge in [0, 0.05) is 12.7 Å². The first-order valence-electron chi connectivity index (χ1n) is 8.67. The minimum Gasteiger partial charge on any atom is -0.480 e. The molecule has 0 radical (unpaired) electrons. The SMILES string of the molecule is CCCNC(=O)C1=C(N)c2ccc(F)c(-c3cnc(OC)nc3OC)c2[NH2+]N1. The van der Waals surface area contributed by atoms with Crippen molar-refractivity contribution < 1.29 is 24.1 Å². The summed E-state index contributed by atoms with van der Waals surface area (Å²) in [5.41, 5.74) is 12.6. The predicted octanol–water partition coefficient (Wildman–Crippen LogP) is 0.167. The van der Waals surface area contributed by atoms with E-state index in [0.717, 1.165) is 6.42 Å². The fourth-order valence-corrected chi connectivity index (χ4v) is 2.90. The van der Waals surface area contributed by atoms with E-state index in [9.17, 15) is 9.18 Å². The van der Waals surface area contributed by atoms with E-state index in [1.54, 1.807) is 0 Å². The maximum atomic E-state index is 14.8. The van der Waals surface area contributed by atoms with Crippen LogP contribution in [-0.2, 0) is 4.79 Å². The summed E-state index contributed by atoms with van der Waals surface area (Å²) in [6, 6.07) is 2.91. The number of benzene rings is 1. The Hall–Kier alpha value is -3.40. The lowest BCUT2D eigenvalue weighted by Crippen LogP contribution is -2.89. The zero-order chi connectivity index (χ0) is 20.3. The molecule has 2 aromatic rings. The van der Waals surface area contributed by atoms with Gasteiger partial charge in [0.05, 0.1) is 36.6 Å². The van der Waals surface area contributed by atoms with Crippen LogP contribution in [0.15, 0.2) is 24.0 Å². The zero-order valence-electron chi connectivity index (χ0n) is 15.8. The van der Waals surface area contributed by atoms with E-state index in [0.29, 0.717) is 23.4 Å². The van der Waals surface area contributed by atoms with Crippen molar-refractivity contribution >= 4 is 17.3 Å². The van der Waals surface area contributed by atoms with Gasteiger partial charge in [-0.25, -0.2) is 20.2 Å². The summed E-state index contributed by atoms with van der Waals surface area (Å²) in [5, 5.41) is 2.76. The van der Waals surface area contributed by atoms with Crippen molar-refractivity contribution in [2.45, 2.75) is 13.3 Å². The Morgan fingerprint density at radius 3 is 2.79 bits per heavy atom. The summed E-state index contributed by atoms with van der Waals surface area (Å²) >= 11 is 0. The number of amides is 1. The first kappa shape index (κ1) is 19.4. The van der Waals surface area contributed by atoms with Crippen molar-refractivity contribution in [3.63, 3.8) is 0 Å². The molecule has 0 unspecified atom stereocenters. The van der Waals surface area contributed by atoms with Crippen molar-refractivity contribution in [3.05, 3.63) is 35.4 Å². The first-order chi connectivity index (χ1) is 13.5. The van der Waals surface area contributed by atoms with Crippen molar-refractivity contribution in [3.8, 4) is 23.0 Å². The van der Waals surface area contributed by atoms with E-state index >= 15 is 0 Å². The first-order valence-corrected chi connectivity index (χ1v) is 8.67. The number of aromatic nitrogens is 2. The van der Waals surface area contributed by atoms with Gasteiger partial charge in [-0.15, -0.1) is 0 Å². The number of quaternary nitrogens is 1. The Labute approximate surface area is 161 Å². The van der Waals surface area contributed by atoms with Crippen LogP contribution in [-0.4, -0.2) is 36.6 Å². The third kappa shape index (κ3) is 3.41. The molecule has 0 fully saturated rings. The second-order valence-corrected chi connectivity index (χ2v) is 6.00. The van der Waals surface area contributed by atoms with Gasteiger partial charge in [-0.2, -0.15) is 4.98 Å². The standard InChI is InChI=1S/C18H21FN6O3/c1-4-7-21-16(26)15-13(20)9-5-6-11(19)12(14(9)24-25-15)10-8-22-18(28-3)23-17(10)27-2/h5-6,8,24-25H,4,7,20H2,1-3H3,(H,21,26)/p+1. The smallest absolute Gasteiger partial charge is 0.319 e. The summed E-state index contributed by atoms with van der Waals surface area (Å²) in [7, 11) is 2.85. The molecule has 0 bridgehead atoms. The molecule has 6 N–H and O–H groups in total. The summed E-state index contributed by atoms with van der Waals surface area (Å²) in [4.78, 5) is 20.5. The van der Waals surface area contributed by atoms with Gasteiger partial charge in [0.15, 0.2) is 11.4 Å². The average molecular weight is 389 g/mol. The summed E-state index contributed by atoms with van der Waals surface area (Å²) in [6.45, 7) is 2.48. The molecule has 1 aromatic heterocycles. The Bertz CT molecular complexity index is 947. The maximum Gasteiger partial charge on any atom is 0.319 e. The second kappa shape index (κ2) is 8.09. The van der Waals surface area contributed by atoms with E-state index < -0.39 is 5.82 Å². The number of rotatable bonds is 6. The number of ether oxygens (including phenoxy) is 2. The zero-order valence-corrected chi connectivity index (χ0v) is 15.8. The van der Waals surface area contributed by atoms with Gasteiger partial charge in [0.2, 0.25) is 5.88 Å². The van der Waals surface area contributed by atoms with Crippen molar-refractivity contribution in [2.75, 3.05) is 20.8 Å². The molecule has 0 saturated heterocycles.